The lowest BCUT2D eigenvalue weighted by molar-refractivity contribution is 0.483. The number of benzene rings is 3. The van der Waals surface area contributed by atoms with Gasteiger partial charge in [0.05, 0.1) is 11.0 Å². The minimum Gasteiger partial charge on any atom is -0.457 e. The molecule has 0 aliphatic carbocycles. The summed E-state index contributed by atoms with van der Waals surface area (Å²) in [6.07, 6.45) is 0. The number of para-hydroxylation sites is 2. The number of rotatable bonds is 5. The summed E-state index contributed by atoms with van der Waals surface area (Å²) in [5.41, 5.74) is 9.93. The zero-order chi connectivity index (χ0) is 19.3. The number of anilines is 1. The average molecular weight is 499 g/mol. The Kier molecular flexibility index (Phi) is 6.71. The number of guanidine groups is 1. The molecule has 4 rings (SSSR count). The van der Waals surface area contributed by atoms with E-state index in [-0.39, 0.29) is 24.0 Å². The number of H-pyrrole nitrogens is 1. The fourth-order valence-electron chi connectivity index (χ4n) is 2.91. The van der Waals surface area contributed by atoms with Crippen molar-refractivity contribution in [3.05, 3.63) is 84.2 Å². The Hall–Kier alpha value is -3.07. The molecule has 0 saturated carbocycles. The van der Waals surface area contributed by atoms with Crippen LogP contribution >= 0.6 is 24.0 Å². The van der Waals surface area contributed by atoms with Gasteiger partial charge in [-0.2, -0.15) is 0 Å². The third kappa shape index (κ3) is 5.26. The average Bonchev–Trinajstić information content (AvgIpc) is 3.12. The van der Waals surface area contributed by atoms with E-state index >= 15 is 0 Å². The number of hydrogen-bond acceptors (Lipinski definition) is 3. The molecular weight excluding hydrogens is 477 g/mol. The Morgan fingerprint density at radius 3 is 2.59 bits per heavy atom. The lowest BCUT2D eigenvalue weighted by Gasteiger charge is -2.09. The summed E-state index contributed by atoms with van der Waals surface area (Å²) in [7, 11) is 0. The number of aromatic amines is 1. The van der Waals surface area contributed by atoms with E-state index in [0.29, 0.717) is 12.5 Å². The zero-order valence-electron chi connectivity index (χ0n) is 15.9. The quantitative estimate of drug-likeness (QED) is 0.200. The van der Waals surface area contributed by atoms with Crippen molar-refractivity contribution in [2.45, 2.75) is 13.5 Å². The van der Waals surface area contributed by atoms with Crippen LogP contribution in [0.1, 0.15) is 11.4 Å². The van der Waals surface area contributed by atoms with Gasteiger partial charge in [0.1, 0.15) is 23.9 Å². The maximum Gasteiger partial charge on any atom is 0.193 e. The number of ether oxygens (including phenoxy) is 1. The molecule has 148 valence electrons. The number of hydrogen-bond donors (Lipinski definition) is 3. The SMILES string of the molecule is Cc1cccc2[nH]c(CN=C(N)Nc3cccc(Oc4ccccc4)c3)nc12.I. The van der Waals surface area contributed by atoms with Gasteiger partial charge < -0.3 is 20.8 Å². The van der Waals surface area contributed by atoms with Gasteiger partial charge >= 0.3 is 0 Å². The Bertz CT molecular complexity index is 1120. The first-order chi connectivity index (χ1) is 13.7. The first-order valence-electron chi connectivity index (χ1n) is 9.01. The number of aliphatic imine (C=N–C) groups is 1. The molecule has 6 nitrogen and oxygen atoms in total. The molecule has 0 saturated heterocycles. The Labute approximate surface area is 186 Å². The molecule has 0 unspecified atom stereocenters. The van der Waals surface area contributed by atoms with Gasteiger partial charge in [-0.05, 0) is 42.8 Å². The fraction of sp³-hybridized carbons (Fsp3) is 0.0909. The van der Waals surface area contributed by atoms with Gasteiger partial charge in [0, 0.05) is 11.8 Å². The molecule has 4 aromatic rings. The summed E-state index contributed by atoms with van der Waals surface area (Å²) in [6, 6.07) is 23.2. The van der Waals surface area contributed by atoms with Crippen molar-refractivity contribution < 1.29 is 4.74 Å². The highest BCUT2D eigenvalue weighted by Gasteiger charge is 2.05. The number of fused-ring (bicyclic) bond motifs is 1. The lowest BCUT2D eigenvalue weighted by atomic mass is 10.2. The van der Waals surface area contributed by atoms with Crippen LogP contribution in [-0.4, -0.2) is 15.9 Å². The van der Waals surface area contributed by atoms with E-state index in [2.05, 4.69) is 20.3 Å². The number of nitrogens with zero attached hydrogens (tertiary/aromatic N) is 2. The molecule has 0 amide bonds. The Morgan fingerprint density at radius 1 is 1.03 bits per heavy atom. The van der Waals surface area contributed by atoms with E-state index < -0.39 is 0 Å². The molecular formula is C22H22IN5O. The van der Waals surface area contributed by atoms with Crippen molar-refractivity contribution in [2.75, 3.05) is 5.32 Å². The monoisotopic (exact) mass is 499 g/mol. The van der Waals surface area contributed by atoms with Crippen LogP contribution in [0.3, 0.4) is 0 Å². The number of imidazole rings is 1. The molecule has 0 radical (unpaired) electrons. The van der Waals surface area contributed by atoms with Crippen molar-refractivity contribution in [3.63, 3.8) is 0 Å². The fourth-order valence-corrected chi connectivity index (χ4v) is 2.91. The van der Waals surface area contributed by atoms with E-state index in [1.165, 1.54) is 0 Å². The number of aryl methyl sites for hydroxylation is 1. The highest BCUT2D eigenvalue weighted by atomic mass is 127. The van der Waals surface area contributed by atoms with Crippen molar-refractivity contribution in [3.8, 4) is 11.5 Å². The van der Waals surface area contributed by atoms with Gasteiger partial charge in [-0.3, -0.25) is 0 Å². The van der Waals surface area contributed by atoms with Crippen molar-refractivity contribution in [1.29, 1.82) is 0 Å². The van der Waals surface area contributed by atoms with Crippen molar-refractivity contribution >= 4 is 46.7 Å². The molecule has 0 atom stereocenters. The van der Waals surface area contributed by atoms with Gasteiger partial charge in [0.25, 0.3) is 0 Å². The summed E-state index contributed by atoms with van der Waals surface area (Å²) in [5.74, 6) is 2.59. The van der Waals surface area contributed by atoms with Crippen LogP contribution in [0.2, 0.25) is 0 Å². The lowest BCUT2D eigenvalue weighted by Crippen LogP contribution is -2.22. The molecule has 1 heterocycles. The molecule has 3 aromatic carbocycles. The first kappa shape index (κ1) is 20.7. The number of halogens is 1. The van der Waals surface area contributed by atoms with Crippen LogP contribution in [0.4, 0.5) is 5.69 Å². The molecule has 0 spiro atoms. The first-order valence-corrected chi connectivity index (χ1v) is 9.01. The second-order valence-corrected chi connectivity index (χ2v) is 6.42. The maximum atomic E-state index is 6.04. The summed E-state index contributed by atoms with van der Waals surface area (Å²) >= 11 is 0. The molecule has 7 heteroatoms. The third-order valence-corrected chi connectivity index (χ3v) is 4.25. The molecule has 0 aliphatic heterocycles. The van der Waals surface area contributed by atoms with E-state index in [1.54, 1.807) is 0 Å². The van der Waals surface area contributed by atoms with Crippen LogP contribution in [0, 0.1) is 6.92 Å². The van der Waals surface area contributed by atoms with Gasteiger partial charge in [0.2, 0.25) is 0 Å². The maximum absolute atomic E-state index is 6.04. The van der Waals surface area contributed by atoms with Gasteiger partial charge in [-0.1, -0.05) is 36.4 Å². The van der Waals surface area contributed by atoms with E-state index in [1.807, 2.05) is 79.7 Å². The molecule has 29 heavy (non-hydrogen) atoms. The Balaban J connectivity index is 0.00000240. The standard InChI is InChI=1S/C22H21N5O.HI/c1-15-7-5-12-19-21(15)27-20(26-19)14-24-22(23)25-16-8-6-11-18(13-16)28-17-9-3-2-4-10-17;/h2-13H,14H2,1H3,(H,26,27)(H3,23,24,25);1H. The second-order valence-electron chi connectivity index (χ2n) is 6.42. The van der Waals surface area contributed by atoms with Crippen LogP contribution in [0.5, 0.6) is 11.5 Å². The second kappa shape index (κ2) is 9.42. The summed E-state index contributed by atoms with van der Waals surface area (Å²) in [4.78, 5) is 12.2. The van der Waals surface area contributed by atoms with E-state index in [9.17, 15) is 0 Å². The summed E-state index contributed by atoms with van der Waals surface area (Å²) in [6.45, 7) is 2.41. The zero-order valence-corrected chi connectivity index (χ0v) is 18.3. The summed E-state index contributed by atoms with van der Waals surface area (Å²) < 4.78 is 5.84. The van der Waals surface area contributed by atoms with E-state index in [4.69, 9.17) is 10.5 Å². The highest BCUT2D eigenvalue weighted by molar-refractivity contribution is 14.0. The number of nitrogens with one attached hydrogen (secondary N) is 2. The molecule has 0 aliphatic rings. The Morgan fingerprint density at radius 2 is 1.79 bits per heavy atom. The molecule has 0 fully saturated rings. The molecule has 4 N–H and O–H groups in total. The van der Waals surface area contributed by atoms with Gasteiger partial charge in [-0.25, -0.2) is 9.98 Å². The topological polar surface area (TPSA) is 88.3 Å². The molecule has 0 bridgehead atoms. The smallest absolute Gasteiger partial charge is 0.193 e. The number of aromatic nitrogens is 2. The predicted octanol–water partition coefficient (Wildman–Crippen LogP) is 5.21. The van der Waals surface area contributed by atoms with Crippen LogP contribution in [0.15, 0.2) is 77.8 Å². The number of nitrogens with two attached hydrogens (primary N) is 1. The minimum absolute atomic E-state index is 0. The highest BCUT2D eigenvalue weighted by Crippen LogP contribution is 2.23. The minimum atomic E-state index is 0. The van der Waals surface area contributed by atoms with Gasteiger partial charge in [0.15, 0.2) is 5.96 Å². The largest absolute Gasteiger partial charge is 0.457 e. The van der Waals surface area contributed by atoms with Crippen molar-refractivity contribution in [2.24, 2.45) is 10.7 Å². The van der Waals surface area contributed by atoms with Crippen molar-refractivity contribution in [1.82, 2.24) is 9.97 Å². The van der Waals surface area contributed by atoms with Crippen LogP contribution in [0.25, 0.3) is 11.0 Å². The van der Waals surface area contributed by atoms with Gasteiger partial charge in [-0.15, -0.1) is 24.0 Å². The third-order valence-electron chi connectivity index (χ3n) is 4.25. The van der Waals surface area contributed by atoms with Crippen LogP contribution in [-0.2, 0) is 6.54 Å². The predicted molar refractivity (Wildman–Crippen MR) is 128 cm³/mol. The normalized spacial score (nSPS) is 11.1. The molecule has 1 aromatic heterocycles. The van der Waals surface area contributed by atoms with Crippen LogP contribution < -0.4 is 15.8 Å². The summed E-state index contributed by atoms with van der Waals surface area (Å²) in [5, 5.41) is 3.09. The van der Waals surface area contributed by atoms with E-state index in [0.717, 1.165) is 39.6 Å².